The van der Waals surface area contributed by atoms with Gasteiger partial charge in [-0.25, -0.2) is 0 Å². The monoisotopic (exact) mass is 281 g/mol. The summed E-state index contributed by atoms with van der Waals surface area (Å²) in [6, 6.07) is 7.47. The molecule has 1 N–H and O–H groups in total. The maximum Gasteiger partial charge on any atom is 0.169 e. The maximum absolute atomic E-state index is 5.38. The van der Waals surface area contributed by atoms with E-state index in [-0.39, 0.29) is 0 Å². The number of rotatable bonds is 4. The summed E-state index contributed by atoms with van der Waals surface area (Å²) in [5, 5.41) is 11.3. The van der Waals surface area contributed by atoms with Gasteiger partial charge >= 0.3 is 0 Å². The Kier molecular flexibility index (Phi) is 3.56. The van der Waals surface area contributed by atoms with E-state index >= 15 is 0 Å². The molecule has 0 aliphatic rings. The predicted molar refractivity (Wildman–Crippen MR) is 66.2 cm³/mol. The van der Waals surface area contributed by atoms with Crippen LogP contribution in [0.25, 0.3) is 11.5 Å². The van der Waals surface area contributed by atoms with E-state index in [0.717, 1.165) is 24.5 Å². The number of nitrogens with one attached hydrogen (secondary N) is 1. The zero-order valence-corrected chi connectivity index (χ0v) is 10.5. The quantitative estimate of drug-likeness (QED) is 0.934. The summed E-state index contributed by atoms with van der Waals surface area (Å²) >= 11 is 3.25. The molecule has 0 saturated carbocycles. The van der Waals surface area contributed by atoms with Gasteiger partial charge in [0.15, 0.2) is 10.4 Å². The lowest BCUT2D eigenvalue weighted by atomic mass is 10.3. The normalized spacial score (nSPS) is 10.4. The third-order valence-electron chi connectivity index (χ3n) is 2.05. The summed E-state index contributed by atoms with van der Waals surface area (Å²) in [6.07, 6.45) is 1.06. The first-order valence-electron chi connectivity index (χ1n) is 5.13. The molecule has 16 heavy (non-hydrogen) atoms. The molecule has 2 aromatic rings. The van der Waals surface area contributed by atoms with Crippen LogP contribution in [0.4, 0.5) is 5.82 Å². The van der Waals surface area contributed by atoms with E-state index in [1.807, 2.05) is 24.3 Å². The summed E-state index contributed by atoms with van der Waals surface area (Å²) in [6.45, 7) is 3.01. The second-order valence-electron chi connectivity index (χ2n) is 3.33. The second kappa shape index (κ2) is 5.12. The van der Waals surface area contributed by atoms with Gasteiger partial charge in [0.05, 0.1) is 0 Å². The molecule has 2 heterocycles. The Balaban J connectivity index is 2.13. The first kappa shape index (κ1) is 11.1. The molecule has 0 amide bonds. The van der Waals surface area contributed by atoms with Gasteiger partial charge in [0, 0.05) is 6.54 Å². The van der Waals surface area contributed by atoms with E-state index in [0.29, 0.717) is 10.4 Å². The molecule has 0 radical (unpaired) electrons. The molecule has 5 heteroatoms. The van der Waals surface area contributed by atoms with Crippen molar-refractivity contribution >= 4 is 21.7 Å². The summed E-state index contributed by atoms with van der Waals surface area (Å²) in [5.74, 6) is 1.50. The van der Waals surface area contributed by atoms with Crippen LogP contribution in [-0.4, -0.2) is 16.7 Å². The number of furan rings is 1. The largest absolute Gasteiger partial charge is 0.448 e. The van der Waals surface area contributed by atoms with Crippen LogP contribution in [0.1, 0.15) is 13.3 Å². The van der Waals surface area contributed by atoms with E-state index in [1.165, 1.54) is 0 Å². The third kappa shape index (κ3) is 2.61. The molecule has 0 fully saturated rings. The summed E-state index contributed by atoms with van der Waals surface area (Å²) in [7, 11) is 0. The Bertz CT molecular complexity index is 453. The van der Waals surface area contributed by atoms with Crippen molar-refractivity contribution in [1.82, 2.24) is 10.2 Å². The Labute approximate surface area is 102 Å². The average molecular weight is 282 g/mol. The van der Waals surface area contributed by atoms with Crippen LogP contribution in [0.15, 0.2) is 33.4 Å². The summed E-state index contributed by atoms with van der Waals surface area (Å²) < 4.78 is 6.08. The third-order valence-corrected chi connectivity index (χ3v) is 2.47. The standard InChI is InChI=1S/C11H12BrN3O/c1-2-7-13-11-6-3-8(14-15-11)9-4-5-10(12)16-9/h3-6H,2,7H2,1H3,(H,13,15). The topological polar surface area (TPSA) is 51.0 Å². The minimum absolute atomic E-state index is 0.692. The summed E-state index contributed by atoms with van der Waals surface area (Å²) in [5.41, 5.74) is 0.729. The fraction of sp³-hybridized carbons (Fsp3) is 0.273. The van der Waals surface area contributed by atoms with Gasteiger partial charge < -0.3 is 9.73 Å². The molecule has 84 valence electrons. The van der Waals surface area contributed by atoms with Gasteiger partial charge in [-0.3, -0.25) is 0 Å². The number of halogens is 1. The molecule has 0 atom stereocenters. The Hall–Kier alpha value is -1.36. The van der Waals surface area contributed by atoms with Crippen molar-refractivity contribution in [1.29, 1.82) is 0 Å². The van der Waals surface area contributed by atoms with Crippen LogP contribution in [0, 0.1) is 0 Å². The first-order valence-corrected chi connectivity index (χ1v) is 5.92. The van der Waals surface area contributed by atoms with Gasteiger partial charge in [0.2, 0.25) is 0 Å². The van der Waals surface area contributed by atoms with E-state index in [1.54, 1.807) is 0 Å². The van der Waals surface area contributed by atoms with Crippen molar-refractivity contribution in [2.24, 2.45) is 0 Å². The van der Waals surface area contributed by atoms with Crippen molar-refractivity contribution in [3.8, 4) is 11.5 Å². The first-order chi connectivity index (χ1) is 7.79. The lowest BCUT2D eigenvalue weighted by molar-refractivity contribution is 0.553. The second-order valence-corrected chi connectivity index (χ2v) is 4.12. The zero-order chi connectivity index (χ0) is 11.4. The van der Waals surface area contributed by atoms with Crippen LogP contribution in [0.3, 0.4) is 0 Å². The molecular formula is C11H12BrN3O. The summed E-state index contributed by atoms with van der Waals surface area (Å²) in [4.78, 5) is 0. The molecule has 0 aliphatic heterocycles. The highest BCUT2D eigenvalue weighted by molar-refractivity contribution is 9.10. The Morgan fingerprint density at radius 2 is 2.12 bits per heavy atom. The van der Waals surface area contributed by atoms with Crippen LogP contribution >= 0.6 is 15.9 Å². The Morgan fingerprint density at radius 1 is 1.25 bits per heavy atom. The van der Waals surface area contributed by atoms with Gasteiger partial charge in [0.1, 0.15) is 11.5 Å². The Morgan fingerprint density at radius 3 is 2.69 bits per heavy atom. The number of anilines is 1. The van der Waals surface area contributed by atoms with Crippen LogP contribution in [0.2, 0.25) is 0 Å². The van der Waals surface area contributed by atoms with Gasteiger partial charge in [0.25, 0.3) is 0 Å². The van der Waals surface area contributed by atoms with E-state index in [9.17, 15) is 0 Å². The minimum atomic E-state index is 0.692. The van der Waals surface area contributed by atoms with Crippen LogP contribution in [-0.2, 0) is 0 Å². The number of hydrogen-bond donors (Lipinski definition) is 1. The zero-order valence-electron chi connectivity index (χ0n) is 8.90. The highest BCUT2D eigenvalue weighted by Crippen LogP contribution is 2.23. The highest BCUT2D eigenvalue weighted by Gasteiger charge is 2.05. The molecule has 4 nitrogen and oxygen atoms in total. The molecule has 2 rings (SSSR count). The van der Waals surface area contributed by atoms with Crippen LogP contribution < -0.4 is 5.32 Å². The molecular weight excluding hydrogens is 270 g/mol. The van der Waals surface area contributed by atoms with Crippen LogP contribution in [0.5, 0.6) is 0 Å². The number of aromatic nitrogens is 2. The molecule has 0 saturated heterocycles. The fourth-order valence-electron chi connectivity index (χ4n) is 1.26. The minimum Gasteiger partial charge on any atom is -0.448 e. The molecule has 2 aromatic heterocycles. The van der Waals surface area contributed by atoms with Crippen molar-refractivity contribution in [2.45, 2.75) is 13.3 Å². The lowest BCUT2D eigenvalue weighted by Gasteiger charge is -2.02. The SMILES string of the molecule is CCCNc1ccc(-c2ccc(Br)o2)nn1. The van der Waals surface area contributed by atoms with Crippen molar-refractivity contribution < 1.29 is 4.42 Å². The fourth-order valence-corrected chi connectivity index (χ4v) is 1.57. The molecule has 0 spiro atoms. The molecule has 0 aliphatic carbocycles. The van der Waals surface area contributed by atoms with E-state index in [2.05, 4.69) is 38.4 Å². The molecule has 0 aromatic carbocycles. The molecule has 0 bridgehead atoms. The number of nitrogens with zero attached hydrogens (tertiary/aromatic N) is 2. The van der Waals surface area contributed by atoms with Gasteiger partial charge in [-0.1, -0.05) is 6.92 Å². The highest BCUT2D eigenvalue weighted by atomic mass is 79.9. The molecule has 0 unspecified atom stereocenters. The average Bonchev–Trinajstić information content (AvgIpc) is 2.74. The smallest absolute Gasteiger partial charge is 0.169 e. The van der Waals surface area contributed by atoms with Gasteiger partial charge in [-0.15, -0.1) is 10.2 Å². The van der Waals surface area contributed by atoms with Crippen molar-refractivity contribution in [3.63, 3.8) is 0 Å². The lowest BCUT2D eigenvalue weighted by Crippen LogP contribution is -2.02. The predicted octanol–water partition coefficient (Wildman–Crippen LogP) is 3.32. The van der Waals surface area contributed by atoms with Crippen molar-refractivity contribution in [2.75, 3.05) is 11.9 Å². The maximum atomic E-state index is 5.38. The van der Waals surface area contributed by atoms with E-state index < -0.39 is 0 Å². The van der Waals surface area contributed by atoms with E-state index in [4.69, 9.17) is 4.42 Å². The number of hydrogen-bond acceptors (Lipinski definition) is 4. The van der Waals surface area contributed by atoms with Gasteiger partial charge in [-0.05, 0) is 46.6 Å². The van der Waals surface area contributed by atoms with Gasteiger partial charge in [-0.2, -0.15) is 0 Å². The van der Waals surface area contributed by atoms with Crippen molar-refractivity contribution in [3.05, 3.63) is 28.9 Å².